The lowest BCUT2D eigenvalue weighted by Crippen LogP contribution is -2.57. The second-order valence-corrected chi connectivity index (χ2v) is 8.11. The van der Waals surface area contributed by atoms with E-state index in [9.17, 15) is 20.0 Å². The fraction of sp³-hybridized carbons (Fsp3) is 0.450. The third kappa shape index (κ3) is 5.57. The molecule has 2 N–H and O–H groups in total. The molecular formula is C20H26N6O5. The monoisotopic (exact) mass is 430 g/mol. The van der Waals surface area contributed by atoms with Crippen LogP contribution in [0, 0.1) is 10.1 Å². The summed E-state index contributed by atoms with van der Waals surface area (Å²) < 4.78 is 5.42. The molecule has 1 amide bonds. The number of nitrogens with one attached hydrogen (secondary N) is 1. The summed E-state index contributed by atoms with van der Waals surface area (Å²) in [4.78, 5) is 35.1. The molecule has 1 aliphatic rings. The van der Waals surface area contributed by atoms with Crippen LogP contribution in [0.3, 0.4) is 0 Å². The van der Waals surface area contributed by atoms with E-state index in [0.717, 1.165) is 0 Å². The standard InChI is InChI=1S/C20H26N6O5/c1-20(2,3)31-19(28)24-10-11-25(15(12-24)13-27)17-5-4-16(26(29)30)18(23-17)22-14-6-8-21-9-7-14/h4-9,15,27H,10-13H2,1-3H3,(H,21,22,23)/t15-/m0/s1. The number of nitrogens with zero attached hydrogens (tertiary/aromatic N) is 5. The summed E-state index contributed by atoms with van der Waals surface area (Å²) >= 11 is 0. The van der Waals surface area contributed by atoms with Crippen LogP contribution in [-0.2, 0) is 4.74 Å². The first-order valence-corrected chi connectivity index (χ1v) is 9.86. The molecule has 31 heavy (non-hydrogen) atoms. The smallest absolute Gasteiger partial charge is 0.410 e. The van der Waals surface area contributed by atoms with Gasteiger partial charge in [-0.3, -0.25) is 15.1 Å². The van der Waals surface area contributed by atoms with Gasteiger partial charge in [0.1, 0.15) is 11.4 Å². The van der Waals surface area contributed by atoms with E-state index in [4.69, 9.17) is 4.74 Å². The number of aromatic nitrogens is 2. The van der Waals surface area contributed by atoms with Crippen molar-refractivity contribution < 1.29 is 19.6 Å². The molecule has 2 aromatic rings. The van der Waals surface area contributed by atoms with E-state index < -0.39 is 22.7 Å². The molecule has 3 rings (SSSR count). The molecule has 1 fully saturated rings. The van der Waals surface area contributed by atoms with Gasteiger partial charge in [-0.05, 0) is 39.0 Å². The summed E-state index contributed by atoms with van der Waals surface area (Å²) in [7, 11) is 0. The highest BCUT2D eigenvalue weighted by Crippen LogP contribution is 2.30. The summed E-state index contributed by atoms with van der Waals surface area (Å²) in [5.74, 6) is 0.546. The number of pyridine rings is 2. The van der Waals surface area contributed by atoms with Crippen LogP contribution in [0.25, 0.3) is 0 Å². The number of carbonyl (C=O) groups is 1. The van der Waals surface area contributed by atoms with Gasteiger partial charge in [0.15, 0.2) is 0 Å². The lowest BCUT2D eigenvalue weighted by molar-refractivity contribution is -0.384. The van der Waals surface area contributed by atoms with Gasteiger partial charge in [0.05, 0.1) is 17.6 Å². The number of rotatable bonds is 5. The minimum Gasteiger partial charge on any atom is -0.444 e. The molecule has 0 radical (unpaired) electrons. The Hall–Kier alpha value is -3.47. The molecule has 1 atom stereocenters. The van der Waals surface area contributed by atoms with Crippen molar-refractivity contribution in [1.29, 1.82) is 0 Å². The number of ether oxygens (including phenoxy) is 1. The van der Waals surface area contributed by atoms with Crippen LogP contribution >= 0.6 is 0 Å². The molecule has 0 bridgehead atoms. The van der Waals surface area contributed by atoms with Crippen LogP contribution in [0.4, 0.5) is 27.8 Å². The van der Waals surface area contributed by atoms with Gasteiger partial charge >= 0.3 is 11.8 Å². The summed E-state index contributed by atoms with van der Waals surface area (Å²) in [6.07, 6.45) is 2.69. The quantitative estimate of drug-likeness (QED) is 0.542. The van der Waals surface area contributed by atoms with Gasteiger partial charge in [-0.1, -0.05) is 0 Å². The van der Waals surface area contributed by atoms with Crippen LogP contribution < -0.4 is 10.2 Å². The summed E-state index contributed by atoms with van der Waals surface area (Å²) in [5.41, 5.74) is -0.180. The SMILES string of the molecule is CC(C)(C)OC(=O)N1CCN(c2ccc([N+](=O)[O-])c(Nc3ccncc3)n2)[C@H](CO)C1. The molecule has 0 spiro atoms. The van der Waals surface area contributed by atoms with Crippen LogP contribution in [0.2, 0.25) is 0 Å². The molecule has 1 saturated heterocycles. The lowest BCUT2D eigenvalue weighted by Gasteiger charge is -2.41. The highest BCUT2D eigenvalue weighted by molar-refractivity contribution is 5.70. The van der Waals surface area contributed by atoms with Crippen molar-refractivity contribution in [3.63, 3.8) is 0 Å². The van der Waals surface area contributed by atoms with E-state index in [1.54, 1.807) is 56.3 Å². The summed E-state index contributed by atoms with van der Waals surface area (Å²) in [5, 5.41) is 24.3. The van der Waals surface area contributed by atoms with Crippen molar-refractivity contribution in [2.75, 3.05) is 36.5 Å². The Bertz CT molecular complexity index is 933. The number of amides is 1. The predicted octanol–water partition coefficient (Wildman–Crippen LogP) is 2.55. The van der Waals surface area contributed by atoms with Crippen molar-refractivity contribution in [2.24, 2.45) is 0 Å². The number of piperazine rings is 1. The van der Waals surface area contributed by atoms with Crippen LogP contribution in [0.5, 0.6) is 0 Å². The number of aliphatic hydroxyl groups is 1. The molecule has 2 aromatic heterocycles. The molecule has 0 aliphatic carbocycles. The Morgan fingerprint density at radius 1 is 1.29 bits per heavy atom. The Kier molecular flexibility index (Phi) is 6.54. The maximum Gasteiger partial charge on any atom is 0.410 e. The Balaban J connectivity index is 1.82. The fourth-order valence-electron chi connectivity index (χ4n) is 3.22. The summed E-state index contributed by atoms with van der Waals surface area (Å²) in [6, 6.07) is 5.84. The highest BCUT2D eigenvalue weighted by Gasteiger charge is 2.33. The van der Waals surface area contributed by atoms with Gasteiger partial charge in [-0.25, -0.2) is 9.78 Å². The normalized spacial score (nSPS) is 16.7. The number of carbonyl (C=O) groups excluding carboxylic acids is 1. The topological polar surface area (TPSA) is 134 Å². The van der Waals surface area contributed by atoms with E-state index in [0.29, 0.717) is 24.6 Å². The number of hydrogen-bond donors (Lipinski definition) is 2. The third-order valence-electron chi connectivity index (χ3n) is 4.64. The number of hydrogen-bond acceptors (Lipinski definition) is 9. The second-order valence-electron chi connectivity index (χ2n) is 8.11. The first-order valence-electron chi connectivity index (χ1n) is 9.86. The van der Waals surface area contributed by atoms with Gasteiger partial charge < -0.3 is 25.0 Å². The maximum atomic E-state index is 12.4. The maximum absolute atomic E-state index is 12.4. The van der Waals surface area contributed by atoms with Crippen LogP contribution in [0.15, 0.2) is 36.7 Å². The van der Waals surface area contributed by atoms with Gasteiger partial charge in [0, 0.05) is 43.8 Å². The highest BCUT2D eigenvalue weighted by atomic mass is 16.6. The molecule has 11 nitrogen and oxygen atoms in total. The molecule has 166 valence electrons. The van der Waals surface area contributed by atoms with E-state index >= 15 is 0 Å². The van der Waals surface area contributed by atoms with E-state index in [-0.39, 0.29) is 24.7 Å². The van der Waals surface area contributed by atoms with E-state index in [2.05, 4.69) is 15.3 Å². The van der Waals surface area contributed by atoms with E-state index in [1.165, 1.54) is 6.07 Å². The zero-order valence-electron chi connectivity index (χ0n) is 17.7. The Labute approximate surface area is 179 Å². The third-order valence-corrected chi connectivity index (χ3v) is 4.64. The van der Waals surface area contributed by atoms with Crippen molar-refractivity contribution in [1.82, 2.24) is 14.9 Å². The first-order chi connectivity index (χ1) is 14.7. The van der Waals surface area contributed by atoms with Gasteiger partial charge in [-0.2, -0.15) is 0 Å². The average Bonchev–Trinajstić information content (AvgIpc) is 2.72. The van der Waals surface area contributed by atoms with Crippen LogP contribution in [-0.4, -0.2) is 68.9 Å². The Morgan fingerprint density at radius 3 is 2.61 bits per heavy atom. The first kappa shape index (κ1) is 22.2. The predicted molar refractivity (Wildman–Crippen MR) is 114 cm³/mol. The van der Waals surface area contributed by atoms with Gasteiger partial charge in [0.2, 0.25) is 5.82 Å². The molecule has 1 aliphatic heterocycles. The molecule has 0 saturated carbocycles. The summed E-state index contributed by atoms with van der Waals surface area (Å²) in [6.45, 7) is 6.18. The number of aliphatic hydroxyl groups excluding tert-OH is 1. The Morgan fingerprint density at radius 2 is 2.00 bits per heavy atom. The molecular weight excluding hydrogens is 404 g/mol. The molecule has 11 heteroatoms. The van der Waals surface area contributed by atoms with Crippen LogP contribution in [0.1, 0.15) is 20.8 Å². The van der Waals surface area contributed by atoms with Gasteiger partial charge in [-0.15, -0.1) is 0 Å². The second kappa shape index (κ2) is 9.13. The minimum absolute atomic E-state index is 0.0833. The van der Waals surface area contributed by atoms with Gasteiger partial charge in [0.25, 0.3) is 0 Å². The van der Waals surface area contributed by atoms with E-state index in [1.807, 2.05) is 4.90 Å². The number of nitro groups is 1. The molecule has 3 heterocycles. The number of anilines is 3. The van der Waals surface area contributed by atoms with Crippen molar-refractivity contribution >= 4 is 29.1 Å². The van der Waals surface area contributed by atoms with Crippen molar-refractivity contribution in [3.8, 4) is 0 Å². The van der Waals surface area contributed by atoms with Crippen molar-refractivity contribution in [2.45, 2.75) is 32.4 Å². The molecule has 0 unspecified atom stereocenters. The molecule has 0 aromatic carbocycles. The fourth-order valence-corrected chi connectivity index (χ4v) is 3.22. The van der Waals surface area contributed by atoms with Crippen molar-refractivity contribution in [3.05, 3.63) is 46.8 Å². The largest absolute Gasteiger partial charge is 0.444 e. The zero-order valence-corrected chi connectivity index (χ0v) is 17.7. The zero-order chi connectivity index (χ0) is 22.6. The minimum atomic E-state index is -0.615. The average molecular weight is 430 g/mol. The lowest BCUT2D eigenvalue weighted by atomic mass is 10.1.